The minimum atomic E-state index is -0.615. The van der Waals surface area contributed by atoms with Crippen LogP contribution >= 0.6 is 23.2 Å². The minimum Gasteiger partial charge on any atom is -0.211 e. The maximum Gasteiger partial charge on any atom is 0.235 e. The Morgan fingerprint density at radius 2 is 2.00 bits per heavy atom. The van der Waals surface area contributed by atoms with Crippen LogP contribution in [0.4, 0.5) is 4.39 Å². The molecule has 1 saturated carbocycles. The first-order chi connectivity index (χ1) is 7.09. The highest BCUT2D eigenvalue weighted by Gasteiger charge is 2.46. The molecule has 0 bridgehead atoms. The Hall–Kier alpha value is -0.890. The average molecular weight is 246 g/mol. The van der Waals surface area contributed by atoms with E-state index in [1.54, 1.807) is 0 Å². The lowest BCUT2D eigenvalue weighted by Gasteiger charge is -2.11. The van der Waals surface area contributed by atoms with Gasteiger partial charge in [0, 0.05) is 10.6 Å². The molecule has 15 heavy (non-hydrogen) atoms. The van der Waals surface area contributed by atoms with Crippen molar-refractivity contribution in [2.75, 3.05) is 0 Å². The maximum absolute atomic E-state index is 13.0. The Balaban J connectivity index is 2.54. The van der Waals surface area contributed by atoms with Gasteiger partial charge >= 0.3 is 0 Å². The number of benzene rings is 1. The Labute approximate surface area is 95.7 Å². The third kappa shape index (κ3) is 1.78. The fourth-order valence-electron chi connectivity index (χ4n) is 1.53. The van der Waals surface area contributed by atoms with E-state index in [2.05, 4.69) is 4.99 Å². The number of rotatable bonds is 2. The van der Waals surface area contributed by atoms with Crippen LogP contribution in [0, 0.1) is 5.82 Å². The van der Waals surface area contributed by atoms with Crippen LogP contribution in [0.1, 0.15) is 18.4 Å². The van der Waals surface area contributed by atoms with Crippen molar-refractivity contribution in [3.8, 4) is 0 Å². The standard InChI is InChI=1S/C10H6Cl2FNO/c11-7-4-9(13)8(12)3-6(7)10(1-2-10)14-5-15/h3-4H,1-2H2. The Kier molecular flexibility index (Phi) is 2.55. The van der Waals surface area contributed by atoms with Crippen LogP contribution in [-0.4, -0.2) is 6.08 Å². The predicted molar refractivity (Wildman–Crippen MR) is 55.5 cm³/mol. The van der Waals surface area contributed by atoms with Crippen molar-refractivity contribution >= 4 is 29.3 Å². The fourth-order valence-corrected chi connectivity index (χ4v) is 2.02. The first-order valence-corrected chi connectivity index (χ1v) is 5.09. The lowest BCUT2D eigenvalue weighted by atomic mass is 10.1. The molecule has 0 saturated heterocycles. The van der Waals surface area contributed by atoms with Gasteiger partial charge in [-0.2, -0.15) is 4.99 Å². The lowest BCUT2D eigenvalue weighted by Crippen LogP contribution is -2.03. The van der Waals surface area contributed by atoms with Crippen LogP contribution in [-0.2, 0) is 10.3 Å². The second-order valence-electron chi connectivity index (χ2n) is 3.48. The smallest absolute Gasteiger partial charge is 0.211 e. The summed E-state index contributed by atoms with van der Waals surface area (Å²) in [6, 6.07) is 2.56. The molecule has 2 rings (SSSR count). The number of aliphatic imine (C=N–C) groups is 1. The van der Waals surface area contributed by atoms with Gasteiger partial charge in [0.05, 0.1) is 10.6 Å². The topological polar surface area (TPSA) is 29.4 Å². The second kappa shape index (κ2) is 3.60. The molecule has 0 unspecified atom stereocenters. The zero-order valence-corrected chi connectivity index (χ0v) is 9.07. The molecule has 0 spiro atoms. The molecule has 0 amide bonds. The van der Waals surface area contributed by atoms with Crippen molar-refractivity contribution in [2.45, 2.75) is 18.4 Å². The van der Waals surface area contributed by atoms with E-state index in [4.69, 9.17) is 23.2 Å². The Morgan fingerprint density at radius 1 is 1.33 bits per heavy atom. The molecule has 1 fully saturated rings. The first kappa shape index (κ1) is 10.6. The van der Waals surface area contributed by atoms with Gasteiger partial charge in [0.25, 0.3) is 0 Å². The molecule has 5 heteroatoms. The van der Waals surface area contributed by atoms with Crippen molar-refractivity contribution in [1.29, 1.82) is 0 Å². The van der Waals surface area contributed by atoms with Gasteiger partial charge in [-0.25, -0.2) is 9.18 Å². The molecular formula is C10H6Cl2FNO. The summed E-state index contributed by atoms with van der Waals surface area (Å²) in [5, 5.41) is 0.232. The van der Waals surface area contributed by atoms with Crippen LogP contribution in [0.25, 0.3) is 0 Å². The number of isocyanates is 1. The van der Waals surface area contributed by atoms with E-state index in [-0.39, 0.29) is 10.0 Å². The quantitative estimate of drug-likeness (QED) is 0.446. The second-order valence-corrected chi connectivity index (χ2v) is 4.30. The SMILES string of the molecule is O=C=NC1(c2cc(Cl)c(F)cc2Cl)CC1. The number of halogens is 3. The molecule has 0 aliphatic heterocycles. The van der Waals surface area contributed by atoms with Gasteiger partial charge in [-0.1, -0.05) is 23.2 Å². The van der Waals surface area contributed by atoms with E-state index in [9.17, 15) is 9.18 Å². The van der Waals surface area contributed by atoms with E-state index in [1.807, 2.05) is 0 Å². The lowest BCUT2D eigenvalue weighted by molar-refractivity contribution is 0.556. The van der Waals surface area contributed by atoms with Gasteiger partial charge < -0.3 is 0 Å². The summed E-state index contributed by atoms with van der Waals surface area (Å²) in [4.78, 5) is 14.0. The van der Waals surface area contributed by atoms with Crippen LogP contribution in [0.3, 0.4) is 0 Å². The van der Waals surface area contributed by atoms with Gasteiger partial charge in [0.15, 0.2) is 0 Å². The van der Waals surface area contributed by atoms with Crippen LogP contribution in [0.5, 0.6) is 0 Å². The third-order valence-electron chi connectivity index (χ3n) is 2.49. The average Bonchev–Trinajstić information content (AvgIpc) is 2.93. The summed E-state index contributed by atoms with van der Waals surface area (Å²) < 4.78 is 13.0. The first-order valence-electron chi connectivity index (χ1n) is 4.33. The molecule has 2 nitrogen and oxygen atoms in total. The van der Waals surface area contributed by atoms with Crippen molar-refractivity contribution in [3.63, 3.8) is 0 Å². The van der Waals surface area contributed by atoms with Crippen molar-refractivity contribution in [2.24, 2.45) is 4.99 Å². The molecule has 78 valence electrons. The van der Waals surface area contributed by atoms with E-state index < -0.39 is 11.4 Å². The molecule has 1 aromatic rings. The minimum absolute atomic E-state index is 0.0122. The number of nitrogens with zero attached hydrogens (tertiary/aromatic N) is 1. The van der Waals surface area contributed by atoms with E-state index >= 15 is 0 Å². The van der Waals surface area contributed by atoms with Crippen LogP contribution in [0.15, 0.2) is 17.1 Å². The summed E-state index contributed by atoms with van der Waals surface area (Å²) in [7, 11) is 0. The molecule has 0 aromatic heterocycles. The summed E-state index contributed by atoms with van der Waals surface area (Å²) in [5.74, 6) is -0.573. The third-order valence-corrected chi connectivity index (χ3v) is 3.10. The van der Waals surface area contributed by atoms with E-state index in [1.165, 1.54) is 12.1 Å². The summed E-state index contributed by atoms with van der Waals surface area (Å²) in [6.45, 7) is 0. The zero-order chi connectivity index (χ0) is 11.1. The van der Waals surface area contributed by atoms with Gasteiger partial charge in [0.2, 0.25) is 6.08 Å². The highest BCUT2D eigenvalue weighted by atomic mass is 35.5. The van der Waals surface area contributed by atoms with Gasteiger partial charge in [-0.15, -0.1) is 0 Å². The molecule has 0 radical (unpaired) electrons. The largest absolute Gasteiger partial charge is 0.235 e. The normalized spacial score (nSPS) is 17.0. The van der Waals surface area contributed by atoms with Crippen molar-refractivity contribution in [3.05, 3.63) is 33.6 Å². The Bertz CT molecular complexity index is 465. The molecule has 1 aromatic carbocycles. The highest BCUT2D eigenvalue weighted by Crippen LogP contribution is 2.52. The molecule has 0 atom stereocenters. The molecule has 0 N–H and O–H groups in total. The summed E-state index contributed by atoms with van der Waals surface area (Å²) in [6.07, 6.45) is 2.93. The number of hydrogen-bond donors (Lipinski definition) is 0. The highest BCUT2D eigenvalue weighted by molar-refractivity contribution is 6.33. The van der Waals surface area contributed by atoms with Gasteiger partial charge in [0.1, 0.15) is 5.82 Å². The predicted octanol–water partition coefficient (Wildman–Crippen LogP) is 3.46. The van der Waals surface area contributed by atoms with Crippen molar-refractivity contribution in [1.82, 2.24) is 0 Å². The molecule has 0 heterocycles. The number of carbonyl (C=O) groups excluding carboxylic acids is 1. The maximum atomic E-state index is 13.0. The van der Waals surface area contributed by atoms with E-state index in [0.717, 1.165) is 6.07 Å². The van der Waals surface area contributed by atoms with Crippen molar-refractivity contribution < 1.29 is 9.18 Å². The monoisotopic (exact) mass is 245 g/mol. The van der Waals surface area contributed by atoms with E-state index in [0.29, 0.717) is 18.4 Å². The summed E-state index contributed by atoms with van der Waals surface area (Å²) in [5.41, 5.74) is -0.0187. The molecular weight excluding hydrogens is 240 g/mol. The molecule has 1 aliphatic carbocycles. The molecule has 1 aliphatic rings. The Morgan fingerprint density at radius 3 is 2.53 bits per heavy atom. The van der Waals surface area contributed by atoms with Gasteiger partial charge in [-0.05, 0) is 25.0 Å². The van der Waals surface area contributed by atoms with Gasteiger partial charge in [-0.3, -0.25) is 0 Å². The van der Waals surface area contributed by atoms with Crippen LogP contribution < -0.4 is 0 Å². The zero-order valence-electron chi connectivity index (χ0n) is 7.56. The van der Waals surface area contributed by atoms with Crippen LogP contribution in [0.2, 0.25) is 10.0 Å². The fraction of sp³-hybridized carbons (Fsp3) is 0.300. The number of hydrogen-bond acceptors (Lipinski definition) is 2. The summed E-state index contributed by atoms with van der Waals surface area (Å²) >= 11 is 11.5.